The summed E-state index contributed by atoms with van der Waals surface area (Å²) in [6, 6.07) is 5.68. The number of hydrogen-bond acceptors (Lipinski definition) is 4. The van der Waals surface area contributed by atoms with Crippen molar-refractivity contribution < 1.29 is 19.1 Å². The lowest BCUT2D eigenvalue weighted by atomic mass is 10.2. The van der Waals surface area contributed by atoms with E-state index >= 15 is 0 Å². The Balaban J connectivity index is 1.89. The van der Waals surface area contributed by atoms with Gasteiger partial charge < -0.3 is 15.8 Å². The summed E-state index contributed by atoms with van der Waals surface area (Å²) >= 11 is 0. The van der Waals surface area contributed by atoms with Crippen molar-refractivity contribution in [2.24, 2.45) is 5.73 Å². The Morgan fingerprint density at radius 3 is 2.53 bits per heavy atom. The molecular formula is C12H13N3O4. The van der Waals surface area contributed by atoms with Crippen LogP contribution in [0.25, 0.3) is 0 Å². The average Bonchev–Trinajstić information content (AvgIpc) is 2.83. The summed E-state index contributed by atoms with van der Waals surface area (Å²) in [4.78, 5) is 34.9. The second kappa shape index (κ2) is 5.38. The van der Waals surface area contributed by atoms with E-state index in [0.29, 0.717) is 24.4 Å². The molecule has 0 aromatic heterocycles. The van der Waals surface area contributed by atoms with E-state index in [2.05, 4.69) is 5.32 Å². The van der Waals surface area contributed by atoms with Gasteiger partial charge in [0, 0.05) is 18.7 Å². The molecule has 0 radical (unpaired) electrons. The van der Waals surface area contributed by atoms with Crippen LogP contribution in [0.2, 0.25) is 0 Å². The molecule has 0 spiro atoms. The van der Waals surface area contributed by atoms with Crippen LogP contribution < -0.4 is 15.8 Å². The fourth-order valence-electron chi connectivity index (χ4n) is 1.65. The zero-order chi connectivity index (χ0) is 13.8. The molecule has 3 N–H and O–H groups in total. The number of primary amides is 1. The first-order valence-electron chi connectivity index (χ1n) is 5.69. The van der Waals surface area contributed by atoms with Gasteiger partial charge in [0.15, 0.2) is 6.61 Å². The molecule has 4 amide bonds. The van der Waals surface area contributed by atoms with E-state index in [9.17, 15) is 14.4 Å². The summed E-state index contributed by atoms with van der Waals surface area (Å²) in [6.07, 6.45) is 0. The highest BCUT2D eigenvalue weighted by Gasteiger charge is 2.26. The lowest BCUT2D eigenvalue weighted by Crippen LogP contribution is -2.37. The van der Waals surface area contributed by atoms with Crippen molar-refractivity contribution in [3.8, 4) is 5.75 Å². The molecule has 0 unspecified atom stereocenters. The van der Waals surface area contributed by atoms with Gasteiger partial charge in [0.25, 0.3) is 5.91 Å². The zero-order valence-corrected chi connectivity index (χ0v) is 10.1. The molecule has 0 atom stereocenters. The van der Waals surface area contributed by atoms with Crippen molar-refractivity contribution in [3.63, 3.8) is 0 Å². The van der Waals surface area contributed by atoms with E-state index in [1.165, 1.54) is 24.3 Å². The normalized spacial score (nSPS) is 14.1. The number of nitrogens with zero attached hydrogens (tertiary/aromatic N) is 1. The van der Waals surface area contributed by atoms with E-state index in [-0.39, 0.29) is 6.61 Å². The second-order valence-corrected chi connectivity index (χ2v) is 3.95. The van der Waals surface area contributed by atoms with Crippen molar-refractivity contribution in [2.45, 2.75) is 0 Å². The molecule has 1 aromatic carbocycles. The minimum Gasteiger partial charge on any atom is -0.484 e. The number of benzene rings is 1. The van der Waals surface area contributed by atoms with Crippen molar-refractivity contribution in [1.82, 2.24) is 10.2 Å². The molecule has 1 aliphatic rings. The molecule has 1 aromatic rings. The molecule has 1 fully saturated rings. The number of imide groups is 1. The van der Waals surface area contributed by atoms with Crippen LogP contribution in [0.15, 0.2) is 24.3 Å². The smallest absolute Gasteiger partial charge is 0.324 e. The summed E-state index contributed by atoms with van der Waals surface area (Å²) in [6.45, 7) is 0.572. The van der Waals surface area contributed by atoms with Gasteiger partial charge in [0.1, 0.15) is 5.75 Å². The number of hydrogen-bond donors (Lipinski definition) is 2. The van der Waals surface area contributed by atoms with E-state index < -0.39 is 17.8 Å². The Bertz CT molecular complexity index is 512. The summed E-state index contributed by atoms with van der Waals surface area (Å²) in [5.41, 5.74) is 5.46. The number of rotatable bonds is 4. The molecule has 19 heavy (non-hydrogen) atoms. The maximum atomic E-state index is 11.7. The van der Waals surface area contributed by atoms with Crippen LogP contribution in [-0.2, 0) is 4.79 Å². The highest BCUT2D eigenvalue weighted by Crippen LogP contribution is 2.12. The van der Waals surface area contributed by atoms with Crippen molar-refractivity contribution in [3.05, 3.63) is 29.8 Å². The Hall–Kier alpha value is -2.57. The highest BCUT2D eigenvalue weighted by atomic mass is 16.5. The van der Waals surface area contributed by atoms with Gasteiger partial charge in [-0.3, -0.25) is 14.5 Å². The van der Waals surface area contributed by atoms with Crippen LogP contribution in [0.3, 0.4) is 0 Å². The van der Waals surface area contributed by atoms with E-state index in [4.69, 9.17) is 10.5 Å². The van der Waals surface area contributed by atoms with Gasteiger partial charge in [-0.05, 0) is 24.3 Å². The Morgan fingerprint density at radius 2 is 2.00 bits per heavy atom. The van der Waals surface area contributed by atoms with E-state index in [1.807, 2.05) is 0 Å². The van der Waals surface area contributed by atoms with Crippen LogP contribution in [0.1, 0.15) is 10.4 Å². The van der Waals surface area contributed by atoms with Gasteiger partial charge in [-0.25, -0.2) is 4.79 Å². The number of urea groups is 1. The Morgan fingerprint density at radius 1 is 1.32 bits per heavy atom. The van der Waals surface area contributed by atoms with E-state index in [0.717, 1.165) is 4.90 Å². The molecule has 7 heteroatoms. The summed E-state index contributed by atoms with van der Waals surface area (Å²) in [5, 5.41) is 2.53. The largest absolute Gasteiger partial charge is 0.484 e. The number of nitrogens with one attached hydrogen (secondary N) is 1. The SMILES string of the molecule is NC(=O)c1ccc(OCC(=O)N2CCNC2=O)cc1. The first-order valence-corrected chi connectivity index (χ1v) is 5.69. The summed E-state index contributed by atoms with van der Waals surface area (Å²) < 4.78 is 5.24. The number of carbonyl (C=O) groups excluding carboxylic acids is 3. The molecular weight excluding hydrogens is 250 g/mol. The predicted octanol–water partition coefficient (Wildman–Crippen LogP) is -0.284. The number of nitrogens with two attached hydrogens (primary N) is 1. The Kier molecular flexibility index (Phi) is 3.65. The van der Waals surface area contributed by atoms with Crippen LogP contribution in [0.4, 0.5) is 4.79 Å². The summed E-state index contributed by atoms with van der Waals surface area (Å²) in [5.74, 6) is -0.511. The first-order chi connectivity index (χ1) is 9.08. The van der Waals surface area contributed by atoms with Gasteiger partial charge in [-0.15, -0.1) is 0 Å². The predicted molar refractivity (Wildman–Crippen MR) is 65.6 cm³/mol. The third kappa shape index (κ3) is 3.01. The standard InChI is InChI=1S/C12H13N3O4/c13-11(17)8-1-3-9(4-2-8)19-7-10(16)15-6-5-14-12(15)18/h1-4H,5-7H2,(H2,13,17)(H,14,18). The quantitative estimate of drug-likeness (QED) is 0.779. The van der Waals surface area contributed by atoms with Gasteiger partial charge in [0.2, 0.25) is 5.91 Å². The lowest BCUT2D eigenvalue weighted by Gasteiger charge is -2.12. The molecule has 0 bridgehead atoms. The molecule has 0 saturated carbocycles. The molecule has 1 heterocycles. The minimum atomic E-state index is -0.531. The monoisotopic (exact) mass is 263 g/mol. The maximum Gasteiger partial charge on any atom is 0.324 e. The molecule has 2 rings (SSSR count). The minimum absolute atomic E-state index is 0.233. The molecule has 100 valence electrons. The number of ether oxygens (including phenoxy) is 1. The molecule has 1 saturated heterocycles. The molecule has 0 aliphatic carbocycles. The van der Waals surface area contributed by atoms with Crippen LogP contribution in [-0.4, -0.2) is 42.4 Å². The van der Waals surface area contributed by atoms with Crippen LogP contribution in [0, 0.1) is 0 Å². The highest BCUT2D eigenvalue weighted by molar-refractivity contribution is 5.96. The van der Waals surface area contributed by atoms with Crippen LogP contribution >= 0.6 is 0 Å². The zero-order valence-electron chi connectivity index (χ0n) is 10.1. The molecule has 1 aliphatic heterocycles. The first kappa shape index (κ1) is 12.9. The van der Waals surface area contributed by atoms with Crippen molar-refractivity contribution in [2.75, 3.05) is 19.7 Å². The third-order valence-corrected chi connectivity index (χ3v) is 2.66. The third-order valence-electron chi connectivity index (χ3n) is 2.66. The summed E-state index contributed by atoms with van der Waals surface area (Å²) in [7, 11) is 0. The Labute approximate surface area is 109 Å². The topological polar surface area (TPSA) is 102 Å². The van der Waals surface area contributed by atoms with Crippen molar-refractivity contribution >= 4 is 17.8 Å². The number of carbonyl (C=O) groups is 3. The second-order valence-electron chi connectivity index (χ2n) is 3.95. The maximum absolute atomic E-state index is 11.7. The van der Waals surface area contributed by atoms with Crippen LogP contribution in [0.5, 0.6) is 5.75 Å². The van der Waals surface area contributed by atoms with E-state index in [1.54, 1.807) is 0 Å². The number of amides is 4. The average molecular weight is 263 g/mol. The van der Waals surface area contributed by atoms with Gasteiger partial charge in [0.05, 0.1) is 0 Å². The van der Waals surface area contributed by atoms with Crippen molar-refractivity contribution in [1.29, 1.82) is 0 Å². The molecule has 7 nitrogen and oxygen atoms in total. The fraction of sp³-hybridized carbons (Fsp3) is 0.250. The fourth-order valence-corrected chi connectivity index (χ4v) is 1.65. The lowest BCUT2D eigenvalue weighted by molar-refractivity contribution is -0.129. The van der Waals surface area contributed by atoms with Gasteiger partial charge >= 0.3 is 6.03 Å². The van der Waals surface area contributed by atoms with Gasteiger partial charge in [-0.1, -0.05) is 0 Å². The van der Waals surface area contributed by atoms with Gasteiger partial charge in [-0.2, -0.15) is 0 Å².